The summed E-state index contributed by atoms with van der Waals surface area (Å²) in [6.45, 7) is 5.09. The molecule has 0 aliphatic heterocycles. The van der Waals surface area contributed by atoms with E-state index in [9.17, 15) is 14.7 Å². The molecule has 0 aromatic rings. The van der Waals surface area contributed by atoms with Crippen LogP contribution in [0.3, 0.4) is 0 Å². The van der Waals surface area contributed by atoms with Crippen LogP contribution in [-0.4, -0.2) is 29.9 Å². The van der Waals surface area contributed by atoms with Gasteiger partial charge in [-0.3, -0.25) is 0 Å². The molecule has 0 aliphatic rings. The second kappa shape index (κ2) is 15.4. The van der Waals surface area contributed by atoms with Gasteiger partial charge in [-0.25, -0.2) is 9.59 Å². The van der Waals surface area contributed by atoms with Crippen molar-refractivity contribution in [3.63, 3.8) is 0 Å². The first-order chi connectivity index (χ1) is 12.0. The van der Waals surface area contributed by atoms with Gasteiger partial charge in [-0.15, -0.1) is 0 Å². The van der Waals surface area contributed by atoms with Crippen molar-refractivity contribution >= 4 is 11.9 Å². The highest BCUT2D eigenvalue weighted by Gasteiger charge is 2.10. The molecule has 0 aromatic carbocycles. The van der Waals surface area contributed by atoms with E-state index in [2.05, 4.69) is 16.9 Å². The Morgan fingerprint density at radius 3 is 2.32 bits per heavy atom. The lowest BCUT2D eigenvalue weighted by Crippen LogP contribution is -2.23. The molecule has 0 unspecified atom stereocenters. The minimum atomic E-state index is -1.47. The maximum absolute atomic E-state index is 11.4. The van der Waals surface area contributed by atoms with Gasteiger partial charge in [0.2, 0.25) is 6.29 Å². The highest BCUT2D eigenvalue weighted by Crippen LogP contribution is 2.04. The Bertz CT molecular complexity index is 496. The molecule has 0 amide bonds. The van der Waals surface area contributed by atoms with Crippen LogP contribution < -0.4 is 0 Å². The van der Waals surface area contributed by atoms with Crippen LogP contribution in [0.4, 0.5) is 0 Å². The molecule has 0 fully saturated rings. The largest absolute Gasteiger partial charge is 0.456 e. The van der Waals surface area contributed by atoms with Crippen LogP contribution in [-0.2, 0) is 19.1 Å². The van der Waals surface area contributed by atoms with Crippen LogP contribution in [0.2, 0.25) is 0 Å². The fourth-order valence-corrected chi connectivity index (χ4v) is 1.82. The van der Waals surface area contributed by atoms with Gasteiger partial charge in [-0.2, -0.15) is 0 Å². The highest BCUT2D eigenvalue weighted by molar-refractivity contribution is 5.83. The summed E-state index contributed by atoms with van der Waals surface area (Å²) in [5.41, 5.74) is 0.752. The Balaban J connectivity index is 3.80. The highest BCUT2D eigenvalue weighted by atomic mass is 16.7. The zero-order valence-electron chi connectivity index (χ0n) is 15.4. The molecule has 1 N–H and O–H groups in total. The number of aliphatic hydroxyl groups is 1. The summed E-state index contributed by atoms with van der Waals surface area (Å²) in [6.07, 6.45) is 16.2. The number of carbonyl (C=O) groups is 2. The Hall–Kier alpha value is -2.14. The molecule has 0 aliphatic carbocycles. The number of ether oxygens (including phenoxy) is 2. The zero-order valence-corrected chi connectivity index (χ0v) is 15.4. The van der Waals surface area contributed by atoms with Crippen LogP contribution in [0.1, 0.15) is 52.9 Å². The summed E-state index contributed by atoms with van der Waals surface area (Å²) in [6, 6.07) is 0. The lowest BCUT2D eigenvalue weighted by Gasteiger charge is -2.10. The third-order valence-corrected chi connectivity index (χ3v) is 2.98. The van der Waals surface area contributed by atoms with E-state index in [1.54, 1.807) is 26.0 Å². The van der Waals surface area contributed by atoms with E-state index in [0.29, 0.717) is 0 Å². The predicted octanol–water partition coefficient (Wildman–Crippen LogP) is 4.00. The van der Waals surface area contributed by atoms with Crippen LogP contribution >= 0.6 is 0 Å². The average Bonchev–Trinajstić information content (AvgIpc) is 2.53. The summed E-state index contributed by atoms with van der Waals surface area (Å²) < 4.78 is 9.42. The maximum atomic E-state index is 11.4. The third kappa shape index (κ3) is 16.5. The second-order valence-electron chi connectivity index (χ2n) is 5.74. The molecular formula is C20H30O5. The number of carbonyl (C=O) groups excluding carboxylic acids is 2. The summed E-state index contributed by atoms with van der Waals surface area (Å²) in [5, 5.41) is 9.44. The van der Waals surface area contributed by atoms with Crippen molar-refractivity contribution in [3.8, 4) is 0 Å². The number of unbranched alkanes of at least 4 members (excludes halogenated alkanes) is 4. The Morgan fingerprint density at radius 1 is 1.00 bits per heavy atom. The van der Waals surface area contributed by atoms with E-state index in [1.807, 2.05) is 13.0 Å². The number of rotatable bonds is 12. The third-order valence-electron chi connectivity index (χ3n) is 2.98. The molecule has 0 heterocycles. The minimum absolute atomic E-state index is 0.401. The van der Waals surface area contributed by atoms with Crippen LogP contribution in [0, 0.1) is 0 Å². The van der Waals surface area contributed by atoms with Crippen LogP contribution in [0.25, 0.3) is 0 Å². The van der Waals surface area contributed by atoms with Crippen molar-refractivity contribution in [3.05, 3.63) is 48.1 Å². The van der Waals surface area contributed by atoms with Crippen molar-refractivity contribution in [1.82, 2.24) is 0 Å². The molecule has 5 heteroatoms. The molecule has 0 spiro atoms. The van der Waals surface area contributed by atoms with Gasteiger partial charge in [0, 0.05) is 12.2 Å². The van der Waals surface area contributed by atoms with Gasteiger partial charge in [0.1, 0.15) is 0 Å². The number of allylic oxidation sites excluding steroid dienone is 6. The SMILES string of the molecule is C/C=C/CCCCC/C=C/C=C\C(=O)OC[C@@H](O)OC(=O)C=C(C)C. The van der Waals surface area contributed by atoms with E-state index < -0.39 is 24.8 Å². The fourth-order valence-electron chi connectivity index (χ4n) is 1.82. The van der Waals surface area contributed by atoms with Crippen molar-refractivity contribution in [2.75, 3.05) is 6.61 Å². The molecule has 0 radical (unpaired) electrons. The zero-order chi connectivity index (χ0) is 18.9. The number of esters is 2. The number of hydrogen-bond donors (Lipinski definition) is 1. The molecule has 1 atom stereocenters. The van der Waals surface area contributed by atoms with Gasteiger partial charge < -0.3 is 14.6 Å². The quantitative estimate of drug-likeness (QED) is 0.144. The lowest BCUT2D eigenvalue weighted by molar-refractivity contribution is -0.175. The molecule has 0 rings (SSSR count). The summed E-state index contributed by atoms with van der Waals surface area (Å²) in [4.78, 5) is 22.7. The smallest absolute Gasteiger partial charge is 0.333 e. The Morgan fingerprint density at radius 2 is 1.68 bits per heavy atom. The number of aliphatic hydroxyl groups excluding tert-OH is 1. The van der Waals surface area contributed by atoms with Crippen molar-refractivity contribution in [2.45, 2.75) is 59.2 Å². The van der Waals surface area contributed by atoms with Crippen molar-refractivity contribution in [1.29, 1.82) is 0 Å². The standard InChI is InChI=1S/C20H30O5/c1-4-5-6-7-8-9-10-11-12-13-14-18(21)24-16-20(23)25-19(22)15-17(2)3/h4-5,11-15,20,23H,6-10,16H2,1-3H3/b5-4+,12-11+,14-13-/t20-/m0/s1. The second-order valence-corrected chi connectivity index (χ2v) is 5.74. The van der Waals surface area contributed by atoms with Crippen LogP contribution in [0.15, 0.2) is 48.1 Å². The van der Waals surface area contributed by atoms with Crippen molar-refractivity contribution < 1.29 is 24.2 Å². The van der Waals surface area contributed by atoms with E-state index in [-0.39, 0.29) is 0 Å². The average molecular weight is 350 g/mol. The molecule has 5 nitrogen and oxygen atoms in total. The normalized spacial score (nSPS) is 12.6. The molecule has 0 saturated heterocycles. The van der Waals surface area contributed by atoms with E-state index in [4.69, 9.17) is 4.74 Å². The van der Waals surface area contributed by atoms with E-state index in [0.717, 1.165) is 24.8 Å². The topological polar surface area (TPSA) is 72.8 Å². The van der Waals surface area contributed by atoms with E-state index >= 15 is 0 Å². The Labute approximate surface area is 150 Å². The molecule has 0 bridgehead atoms. The van der Waals surface area contributed by atoms with Gasteiger partial charge in [0.15, 0.2) is 6.61 Å². The van der Waals surface area contributed by atoms with Gasteiger partial charge in [-0.05, 0) is 46.5 Å². The summed E-state index contributed by atoms with van der Waals surface area (Å²) >= 11 is 0. The lowest BCUT2D eigenvalue weighted by atomic mass is 10.1. The predicted molar refractivity (Wildman–Crippen MR) is 98.7 cm³/mol. The fraction of sp³-hybridized carbons (Fsp3) is 0.500. The van der Waals surface area contributed by atoms with Crippen molar-refractivity contribution in [2.24, 2.45) is 0 Å². The molecule has 0 saturated carbocycles. The van der Waals surface area contributed by atoms with E-state index in [1.165, 1.54) is 25.0 Å². The van der Waals surface area contributed by atoms with Gasteiger partial charge in [0.05, 0.1) is 0 Å². The summed E-state index contributed by atoms with van der Waals surface area (Å²) in [7, 11) is 0. The van der Waals surface area contributed by atoms with Gasteiger partial charge >= 0.3 is 11.9 Å². The molecule has 0 aromatic heterocycles. The molecule has 25 heavy (non-hydrogen) atoms. The monoisotopic (exact) mass is 350 g/mol. The first kappa shape index (κ1) is 22.9. The first-order valence-corrected chi connectivity index (χ1v) is 8.60. The minimum Gasteiger partial charge on any atom is -0.456 e. The molecule has 140 valence electrons. The summed E-state index contributed by atoms with van der Waals surface area (Å²) in [5.74, 6) is -1.28. The maximum Gasteiger partial charge on any atom is 0.333 e. The number of hydrogen-bond acceptors (Lipinski definition) is 5. The Kier molecular flexibility index (Phi) is 14.1. The molecular weight excluding hydrogens is 320 g/mol. The van der Waals surface area contributed by atoms with Gasteiger partial charge in [0.25, 0.3) is 0 Å². The first-order valence-electron chi connectivity index (χ1n) is 8.60. The van der Waals surface area contributed by atoms with Crippen LogP contribution in [0.5, 0.6) is 0 Å². The van der Waals surface area contributed by atoms with Gasteiger partial charge in [-0.1, -0.05) is 42.4 Å².